The maximum atomic E-state index is 13.2. The predicted molar refractivity (Wildman–Crippen MR) is 139 cm³/mol. The molecule has 5 rings (SSSR count). The molecule has 0 spiro atoms. The Labute approximate surface area is 209 Å². The zero-order chi connectivity index (χ0) is 24.7. The lowest BCUT2D eigenvalue weighted by Gasteiger charge is -2.32. The molecule has 0 bridgehead atoms. The van der Waals surface area contributed by atoms with Crippen molar-refractivity contribution in [3.05, 3.63) is 72.0 Å². The van der Waals surface area contributed by atoms with Crippen LogP contribution in [0.25, 0.3) is 23.6 Å². The number of aromatic amines is 1. The molecule has 9 nitrogen and oxygen atoms in total. The number of hydrogen-bond acceptors (Lipinski definition) is 8. The largest absolute Gasteiger partial charge is 0.463 e. The molecule has 3 aromatic heterocycles. The van der Waals surface area contributed by atoms with E-state index >= 15 is 0 Å². The first-order valence-corrected chi connectivity index (χ1v) is 11.9. The highest BCUT2D eigenvalue weighted by Crippen LogP contribution is 2.23. The number of benzene rings is 1. The lowest BCUT2D eigenvalue weighted by atomic mass is 10.2. The quantitative estimate of drug-likeness (QED) is 0.323. The molecule has 1 aliphatic heterocycles. The molecular formula is C26H29FN8O. The van der Waals surface area contributed by atoms with Crippen LogP contribution in [0.3, 0.4) is 0 Å². The molecule has 3 N–H and O–H groups in total. The Morgan fingerprint density at radius 3 is 2.58 bits per heavy atom. The summed E-state index contributed by atoms with van der Waals surface area (Å²) in [6.45, 7) is 6.02. The zero-order valence-corrected chi connectivity index (χ0v) is 20.1. The Balaban J connectivity index is 1.31. The number of H-pyrrole nitrogens is 1. The third-order valence-corrected chi connectivity index (χ3v) is 5.99. The second kappa shape index (κ2) is 11.1. The number of anilines is 3. The van der Waals surface area contributed by atoms with Crippen LogP contribution in [0.2, 0.25) is 0 Å². The number of likely N-dealkylation sites (N-methyl/N-ethyl adjacent to an activating group) is 1. The smallest absolute Gasteiger partial charge is 0.156 e. The van der Waals surface area contributed by atoms with Gasteiger partial charge in [-0.2, -0.15) is 5.10 Å². The van der Waals surface area contributed by atoms with Crippen LogP contribution in [-0.2, 0) is 0 Å². The maximum absolute atomic E-state index is 13.2. The summed E-state index contributed by atoms with van der Waals surface area (Å²) in [4.78, 5) is 14.1. The number of piperazine rings is 1. The van der Waals surface area contributed by atoms with Crippen molar-refractivity contribution in [1.82, 2.24) is 30.0 Å². The van der Waals surface area contributed by atoms with Crippen molar-refractivity contribution in [1.29, 1.82) is 0 Å². The molecule has 10 heteroatoms. The Morgan fingerprint density at radius 2 is 1.81 bits per heavy atom. The minimum Gasteiger partial charge on any atom is -0.463 e. The third kappa shape index (κ3) is 6.35. The molecule has 0 saturated carbocycles. The second-order valence-corrected chi connectivity index (χ2v) is 8.72. The average molecular weight is 489 g/mol. The summed E-state index contributed by atoms with van der Waals surface area (Å²) in [5.41, 5.74) is 1.62. The van der Waals surface area contributed by atoms with Gasteiger partial charge in [-0.3, -0.25) is 10.00 Å². The van der Waals surface area contributed by atoms with Gasteiger partial charge in [0, 0.05) is 51.4 Å². The highest BCUT2D eigenvalue weighted by molar-refractivity contribution is 5.69. The van der Waals surface area contributed by atoms with E-state index in [0.717, 1.165) is 50.5 Å². The minimum atomic E-state index is -0.269. The van der Waals surface area contributed by atoms with Crippen molar-refractivity contribution in [3.8, 4) is 11.5 Å². The van der Waals surface area contributed by atoms with Gasteiger partial charge in [-0.1, -0.05) is 18.2 Å². The Morgan fingerprint density at radius 1 is 1.00 bits per heavy atom. The Bertz CT molecular complexity index is 1280. The summed E-state index contributed by atoms with van der Waals surface area (Å²) in [7, 11) is 2.16. The van der Waals surface area contributed by atoms with E-state index in [2.05, 4.69) is 47.6 Å². The summed E-state index contributed by atoms with van der Waals surface area (Å²) >= 11 is 0. The average Bonchev–Trinajstić information content (AvgIpc) is 3.57. The number of furan rings is 1. The van der Waals surface area contributed by atoms with Crippen LogP contribution in [0.5, 0.6) is 0 Å². The van der Waals surface area contributed by atoms with Gasteiger partial charge in [0.15, 0.2) is 17.4 Å². The fourth-order valence-corrected chi connectivity index (χ4v) is 3.93. The van der Waals surface area contributed by atoms with Crippen molar-refractivity contribution in [2.45, 2.75) is 0 Å². The van der Waals surface area contributed by atoms with Gasteiger partial charge < -0.3 is 20.0 Å². The van der Waals surface area contributed by atoms with Gasteiger partial charge in [0.25, 0.3) is 0 Å². The molecule has 0 unspecified atom stereocenters. The third-order valence-electron chi connectivity index (χ3n) is 5.99. The van der Waals surface area contributed by atoms with Gasteiger partial charge >= 0.3 is 0 Å². The minimum absolute atomic E-state index is 0.269. The summed E-state index contributed by atoms with van der Waals surface area (Å²) in [6.07, 6.45) is 5.28. The van der Waals surface area contributed by atoms with Crippen LogP contribution >= 0.6 is 0 Å². The molecule has 1 aromatic carbocycles. The predicted octanol–water partition coefficient (Wildman–Crippen LogP) is 4.17. The van der Waals surface area contributed by atoms with E-state index in [-0.39, 0.29) is 5.82 Å². The first kappa shape index (κ1) is 23.7. The first-order valence-electron chi connectivity index (χ1n) is 11.9. The topological polar surface area (TPSA) is 98.1 Å². The van der Waals surface area contributed by atoms with Gasteiger partial charge in [0.2, 0.25) is 0 Å². The first-order chi connectivity index (χ1) is 17.6. The monoisotopic (exact) mass is 488 g/mol. The summed E-state index contributed by atoms with van der Waals surface area (Å²) in [5, 5.41) is 14.0. The van der Waals surface area contributed by atoms with Gasteiger partial charge in [-0.15, -0.1) is 0 Å². The van der Waals surface area contributed by atoms with Crippen molar-refractivity contribution in [2.75, 3.05) is 56.9 Å². The van der Waals surface area contributed by atoms with E-state index in [4.69, 9.17) is 4.42 Å². The molecule has 4 aromatic rings. The molecule has 0 atom stereocenters. The van der Waals surface area contributed by atoms with E-state index in [1.54, 1.807) is 18.4 Å². The fraction of sp³-hybridized carbons (Fsp3) is 0.269. The van der Waals surface area contributed by atoms with Crippen molar-refractivity contribution in [3.63, 3.8) is 0 Å². The van der Waals surface area contributed by atoms with E-state index < -0.39 is 0 Å². The second-order valence-electron chi connectivity index (χ2n) is 8.72. The highest BCUT2D eigenvalue weighted by atomic mass is 19.1. The van der Waals surface area contributed by atoms with E-state index in [1.165, 1.54) is 12.1 Å². The highest BCUT2D eigenvalue weighted by Gasteiger charge is 2.13. The van der Waals surface area contributed by atoms with E-state index in [1.807, 2.05) is 36.4 Å². The molecule has 4 heterocycles. The van der Waals surface area contributed by atoms with Crippen LogP contribution in [0.4, 0.5) is 21.8 Å². The number of nitrogens with one attached hydrogen (secondary N) is 3. The molecule has 0 aliphatic carbocycles. The lowest BCUT2D eigenvalue weighted by Crippen LogP contribution is -2.45. The van der Waals surface area contributed by atoms with Crippen LogP contribution in [0.15, 0.2) is 59.2 Å². The summed E-state index contributed by atoms with van der Waals surface area (Å²) in [6, 6.07) is 13.7. The molecule has 1 aliphatic rings. The number of rotatable bonds is 9. The zero-order valence-electron chi connectivity index (χ0n) is 20.1. The standard InChI is InChI=1S/C26H29FN8O/c1-34-12-14-35(15-13-34)11-10-28-24-18-25(31-26-17-21(32-33-26)22-3-2-16-36-22)30-23(29-24)9-6-19-4-7-20(27)8-5-19/h2-9,16-18H,10-15H2,1H3,(H3,28,29,30,31,32,33). The Hall–Kier alpha value is -4.02. The molecule has 0 radical (unpaired) electrons. The molecule has 0 amide bonds. The van der Waals surface area contributed by atoms with Gasteiger partial charge in [-0.05, 0) is 43.0 Å². The Kier molecular flexibility index (Phi) is 7.34. The summed E-state index contributed by atoms with van der Waals surface area (Å²) < 4.78 is 18.7. The lowest BCUT2D eigenvalue weighted by molar-refractivity contribution is 0.158. The SMILES string of the molecule is CN1CCN(CCNc2cc(Nc3cc(-c4ccco4)[nH]n3)nc(C=Cc3ccc(F)cc3)n2)CC1. The van der Waals surface area contributed by atoms with E-state index in [9.17, 15) is 4.39 Å². The van der Waals surface area contributed by atoms with Gasteiger partial charge in [0.05, 0.1) is 6.26 Å². The van der Waals surface area contributed by atoms with Crippen molar-refractivity contribution in [2.24, 2.45) is 0 Å². The van der Waals surface area contributed by atoms with Crippen LogP contribution in [-0.4, -0.2) is 76.3 Å². The molecule has 36 heavy (non-hydrogen) atoms. The van der Waals surface area contributed by atoms with Crippen molar-refractivity contribution < 1.29 is 8.81 Å². The number of nitrogens with zero attached hydrogens (tertiary/aromatic N) is 5. The molecule has 1 fully saturated rings. The van der Waals surface area contributed by atoms with Crippen LogP contribution < -0.4 is 10.6 Å². The summed E-state index contributed by atoms with van der Waals surface area (Å²) in [5.74, 6) is 2.87. The molecule has 186 valence electrons. The van der Waals surface area contributed by atoms with E-state index in [0.29, 0.717) is 29.0 Å². The van der Waals surface area contributed by atoms with Gasteiger partial charge in [-0.25, -0.2) is 14.4 Å². The molecule has 1 saturated heterocycles. The fourth-order valence-electron chi connectivity index (χ4n) is 3.93. The number of hydrogen-bond donors (Lipinski definition) is 3. The van der Waals surface area contributed by atoms with Crippen LogP contribution in [0.1, 0.15) is 11.4 Å². The van der Waals surface area contributed by atoms with Crippen molar-refractivity contribution >= 4 is 29.6 Å². The molecular weight excluding hydrogens is 459 g/mol. The maximum Gasteiger partial charge on any atom is 0.156 e. The number of aromatic nitrogens is 4. The normalized spacial score (nSPS) is 14.9. The van der Waals surface area contributed by atoms with Crippen LogP contribution in [0, 0.1) is 5.82 Å². The number of halogens is 1. The van der Waals surface area contributed by atoms with Gasteiger partial charge in [0.1, 0.15) is 23.1 Å².